The molecule has 2 aliphatic carbocycles. The Balaban J connectivity index is 0.000000170. The molecule has 42 nitrogen and oxygen atoms in total. The number of hydrogen-bond acceptors (Lipinski definition) is 21. The second-order valence-corrected chi connectivity index (χ2v) is 34.2. The number of hydrogen-bond donors (Lipinski definition) is 17. The maximum atomic E-state index is 13.3. The highest BCUT2D eigenvalue weighted by atomic mass is 16.4. The van der Waals surface area contributed by atoms with Gasteiger partial charge in [0.1, 0.15) is 72.5 Å². The average Bonchev–Trinajstić information content (AvgIpc) is 1.45. The Labute approximate surface area is 759 Å². The number of nitrogens with one attached hydrogen (secondary N) is 12. The van der Waals surface area contributed by atoms with Crippen LogP contribution in [0.1, 0.15) is 198 Å². The second-order valence-electron chi connectivity index (χ2n) is 34.2. The van der Waals surface area contributed by atoms with Crippen molar-refractivity contribution >= 4 is 135 Å². The Bertz CT molecular complexity index is 5070. The number of likely N-dealkylation sites (tertiary alicyclic amines) is 4. The van der Waals surface area contributed by atoms with Crippen LogP contribution in [0.3, 0.4) is 0 Å². The molecule has 14 rings (SSSR count). The van der Waals surface area contributed by atoms with Crippen molar-refractivity contribution in [3.05, 3.63) is 130 Å². The lowest BCUT2D eigenvalue weighted by Crippen LogP contribution is -2.56. The summed E-state index contributed by atoms with van der Waals surface area (Å²) < 4.78 is 0. The molecular weight excluding hydrogens is 1710 g/mol. The summed E-state index contributed by atoms with van der Waals surface area (Å²) >= 11 is 0. The van der Waals surface area contributed by atoms with Gasteiger partial charge in [-0.25, -0.2) is 4.79 Å². The second kappa shape index (κ2) is 46.3. The fraction of sp³-hybridized carbons (Fsp3) is 0.500. The molecular formula is C90H114N20O22. The summed E-state index contributed by atoms with van der Waals surface area (Å²) in [6, 6.07) is 18.0. The van der Waals surface area contributed by atoms with E-state index in [1.54, 1.807) is 0 Å². The highest BCUT2D eigenvalue weighted by Crippen LogP contribution is 2.33. The van der Waals surface area contributed by atoms with E-state index in [1.807, 2.05) is 60.7 Å². The van der Waals surface area contributed by atoms with Crippen molar-refractivity contribution in [1.82, 2.24) is 72.8 Å². The molecule has 8 fully saturated rings. The van der Waals surface area contributed by atoms with E-state index >= 15 is 0 Å². The number of fused-ring (bicyclic) bond motifs is 2. The molecule has 8 saturated heterocycles. The van der Waals surface area contributed by atoms with E-state index in [0.717, 1.165) is 67.3 Å². The van der Waals surface area contributed by atoms with Crippen molar-refractivity contribution in [2.75, 3.05) is 36.8 Å². The summed E-state index contributed by atoms with van der Waals surface area (Å²) in [4.78, 5) is 263. The lowest BCUT2D eigenvalue weighted by atomic mass is 9.87. The van der Waals surface area contributed by atoms with Crippen molar-refractivity contribution in [1.29, 1.82) is 0 Å². The molecule has 0 saturated carbocycles. The topological polar surface area (TPSA) is 640 Å². The average molecular weight is 1830 g/mol. The van der Waals surface area contributed by atoms with Gasteiger partial charge in [-0.15, -0.1) is 0 Å². The third-order valence-electron chi connectivity index (χ3n) is 24.7. The lowest BCUT2D eigenvalue weighted by molar-refractivity contribution is -0.142. The van der Waals surface area contributed by atoms with E-state index in [0.29, 0.717) is 102 Å². The molecule has 8 heterocycles. The zero-order chi connectivity index (χ0) is 95.0. The van der Waals surface area contributed by atoms with Gasteiger partial charge in [0.25, 0.3) is 0 Å². The molecule has 10 aliphatic rings. The maximum absolute atomic E-state index is 13.3. The summed E-state index contributed by atoms with van der Waals surface area (Å²) in [5, 5.41) is 40.8. The number of nitrogens with zero attached hydrogens (tertiary/aromatic N) is 4. The van der Waals surface area contributed by atoms with Crippen LogP contribution < -0.4 is 86.7 Å². The molecule has 0 aromatic heterocycles. The van der Waals surface area contributed by atoms with Gasteiger partial charge >= 0.3 is 5.97 Å². The predicted molar refractivity (Wildman–Crippen MR) is 469 cm³/mol. The van der Waals surface area contributed by atoms with E-state index in [4.69, 9.17) is 28.0 Å². The number of benzene rings is 4. The monoisotopic (exact) mass is 1830 g/mol. The molecule has 706 valence electrons. The summed E-state index contributed by atoms with van der Waals surface area (Å²) in [6.45, 7) is 1.62. The Hall–Kier alpha value is -14.3. The SMILES string of the molecule is NC(=O)CC(NC(=O)C1CCC(=O)N1)C(=O)N1CCCC1C(=O)NC1CCCc2ccccc21.NC(=O)CC(NC(=O)C1CCC(=O)N1)C(=O)N1CCCC1C(=O)NCc1ccccc1.NC(=O)CC(NC(=O)C1CCC(=O)N1)C(=O)N1CCCC1C(=O)Nc1ccc(C(=O)O)cc1.NC(=O)CC(NC(=O)C1CCC(=O)N1)C(=O)N1CCCC1C(=O)Nc1cccc2c1CCCC2. The largest absolute Gasteiger partial charge is 0.478 e. The van der Waals surface area contributed by atoms with Crippen molar-refractivity contribution < 1.29 is 106 Å². The van der Waals surface area contributed by atoms with Gasteiger partial charge in [0.2, 0.25) is 118 Å². The molecule has 13 unspecified atom stereocenters. The standard InChI is InChI=1S/2C24H31N5O5.C21H25N5O7.C21H27N5O5/c2*25-20(30)13-18(28-22(32)17-10-11-21(31)26-17)24(34)29-12-4-9-19(29)23(33)27-16-8-3-6-14-5-1-2-7-15(14)16;22-16(27)10-14(25-18(29)13-7-8-17(28)24-13)20(31)26-9-1-2-15(26)19(30)23-12-5-3-11(4-6-12)21(32)33;22-17(27)11-15(25-19(29)14-8-9-18(28)24-14)21(31)26-10-4-7-16(26)20(30)23-12-13-5-2-1-3-6-13/h3,6,8,17-19H,1-2,4-5,7,9-13H2,(H2,25,30)(H,26,31)(H,27,33)(H,28,32);1-2,5,7,16-19H,3-4,6,8-13H2,(H2,25,30)(H,26,31)(H,27,33)(H,28,32);3-6,13-15H,1-2,7-10H2,(H2,22,27)(H,23,30)(H,24,28)(H,25,29)(H,32,33);1-3,5-6,14-16H,4,7-12H2,(H2,22,27)(H,23,30)(H,24,28)(H,25,29). The molecule has 0 spiro atoms. The van der Waals surface area contributed by atoms with Gasteiger partial charge in [-0.2, -0.15) is 0 Å². The van der Waals surface area contributed by atoms with Crippen molar-refractivity contribution in [3.63, 3.8) is 0 Å². The third-order valence-corrected chi connectivity index (χ3v) is 24.7. The Morgan fingerprint density at radius 3 is 1.11 bits per heavy atom. The molecule has 13 atom stereocenters. The molecule has 4 aromatic rings. The van der Waals surface area contributed by atoms with Crippen LogP contribution in [0, 0.1) is 0 Å². The molecule has 42 heteroatoms. The minimum Gasteiger partial charge on any atom is -0.478 e. The highest BCUT2D eigenvalue weighted by molar-refractivity contribution is 6.04. The highest BCUT2D eigenvalue weighted by Gasteiger charge is 2.46. The molecule has 21 N–H and O–H groups in total. The first kappa shape index (κ1) is 98.3. The number of rotatable bonds is 30. The summed E-state index contributed by atoms with van der Waals surface area (Å²) in [7, 11) is 0. The number of aryl methyl sites for hydroxylation is 2. The van der Waals surface area contributed by atoms with Gasteiger partial charge in [0.15, 0.2) is 0 Å². The van der Waals surface area contributed by atoms with Crippen LogP contribution >= 0.6 is 0 Å². The van der Waals surface area contributed by atoms with Gasteiger partial charge < -0.3 is 111 Å². The number of anilines is 2. The molecule has 20 amide bonds. The first-order valence-corrected chi connectivity index (χ1v) is 44.7. The van der Waals surface area contributed by atoms with Crippen LogP contribution in [-0.4, -0.2) is 248 Å². The van der Waals surface area contributed by atoms with E-state index in [9.17, 15) is 101 Å². The summed E-state index contributed by atoms with van der Waals surface area (Å²) in [5.41, 5.74) is 28.1. The van der Waals surface area contributed by atoms with E-state index < -0.39 is 162 Å². The Morgan fingerprint density at radius 1 is 0.356 bits per heavy atom. The molecule has 0 bridgehead atoms. The lowest BCUT2D eigenvalue weighted by Gasteiger charge is -2.31. The molecule has 132 heavy (non-hydrogen) atoms. The minimum atomic E-state index is -1.27. The van der Waals surface area contributed by atoms with Crippen LogP contribution in [0.4, 0.5) is 11.4 Å². The van der Waals surface area contributed by atoms with E-state index in [2.05, 4.69) is 75.9 Å². The molecule has 0 radical (unpaired) electrons. The van der Waals surface area contributed by atoms with Crippen LogP contribution in [0.25, 0.3) is 0 Å². The fourth-order valence-electron chi connectivity index (χ4n) is 18.1. The number of carboxylic acid groups (broad SMARTS) is 1. The quantitative estimate of drug-likeness (QED) is 0.0264. The van der Waals surface area contributed by atoms with E-state index in [-0.39, 0.29) is 111 Å². The number of primary amides is 4. The van der Waals surface area contributed by atoms with Crippen LogP contribution in [0.15, 0.2) is 97.1 Å². The zero-order valence-electron chi connectivity index (χ0n) is 73.0. The number of aromatic carboxylic acids is 1. The van der Waals surface area contributed by atoms with Gasteiger partial charge in [-0.05, 0) is 180 Å². The predicted octanol–water partition coefficient (Wildman–Crippen LogP) is -2.17. The number of carbonyl (C=O) groups is 21. The Kier molecular flexibility index (Phi) is 34.5. The fourth-order valence-corrected chi connectivity index (χ4v) is 18.1. The Morgan fingerprint density at radius 2 is 0.720 bits per heavy atom. The zero-order valence-corrected chi connectivity index (χ0v) is 73.0. The number of amides is 20. The van der Waals surface area contributed by atoms with Crippen LogP contribution in [-0.2, 0) is 122 Å². The third kappa shape index (κ3) is 26.7. The number of carbonyl (C=O) groups excluding carboxylic acids is 20. The van der Waals surface area contributed by atoms with Crippen LogP contribution in [0.2, 0.25) is 0 Å². The minimum absolute atomic E-state index is 0.0640. The smallest absolute Gasteiger partial charge is 0.335 e. The molecule has 8 aliphatic heterocycles. The van der Waals surface area contributed by atoms with Gasteiger partial charge in [-0.3, -0.25) is 95.9 Å². The first-order valence-electron chi connectivity index (χ1n) is 44.7. The first-order chi connectivity index (χ1) is 63.2. The van der Waals surface area contributed by atoms with E-state index in [1.165, 1.54) is 55.0 Å². The number of carboxylic acids is 1. The van der Waals surface area contributed by atoms with Gasteiger partial charge in [0, 0.05) is 69.8 Å². The number of nitrogens with two attached hydrogens (primary N) is 4. The maximum Gasteiger partial charge on any atom is 0.335 e. The van der Waals surface area contributed by atoms with Gasteiger partial charge in [0.05, 0.1) is 37.3 Å². The normalized spacial score (nSPS) is 22.3. The van der Waals surface area contributed by atoms with Crippen LogP contribution in [0.5, 0.6) is 0 Å². The van der Waals surface area contributed by atoms with Crippen molar-refractivity contribution in [2.24, 2.45) is 22.9 Å². The van der Waals surface area contributed by atoms with Crippen molar-refractivity contribution in [3.8, 4) is 0 Å². The summed E-state index contributed by atoms with van der Waals surface area (Å²) in [5.74, 6) is -10.8. The van der Waals surface area contributed by atoms with Gasteiger partial charge in [-0.1, -0.05) is 66.7 Å². The molecule has 4 aromatic carbocycles. The summed E-state index contributed by atoms with van der Waals surface area (Å²) in [6.07, 6.45) is 11.7. The van der Waals surface area contributed by atoms with Crippen molar-refractivity contribution in [2.45, 2.75) is 258 Å².